The van der Waals surface area contributed by atoms with Crippen LogP contribution in [0.2, 0.25) is 0 Å². The van der Waals surface area contributed by atoms with Gasteiger partial charge < -0.3 is 4.90 Å². The molecule has 4 rings (SSSR count). The Bertz CT molecular complexity index is 758. The molecule has 1 aromatic carbocycles. The number of hydrogen-bond donors (Lipinski definition) is 0. The number of piperidine rings is 2. The van der Waals surface area contributed by atoms with E-state index in [4.69, 9.17) is 0 Å². The van der Waals surface area contributed by atoms with Gasteiger partial charge in [0.25, 0.3) is 0 Å². The molecule has 2 radical (unpaired) electrons. The van der Waals surface area contributed by atoms with Crippen molar-refractivity contribution in [2.45, 2.75) is 45.7 Å². The summed E-state index contributed by atoms with van der Waals surface area (Å²) in [6, 6.07) is 8.46. The first-order valence-electron chi connectivity index (χ1n) is 9.07. The molecule has 4 nitrogen and oxygen atoms in total. The number of benzene rings is 1. The summed E-state index contributed by atoms with van der Waals surface area (Å²) in [6.45, 7) is 8.80. The first kappa shape index (κ1) is 17.3. The van der Waals surface area contributed by atoms with Gasteiger partial charge in [-0.1, -0.05) is 19.6 Å². The number of para-hydroxylation sites is 2. The average Bonchev–Trinajstić information content (AvgIpc) is 2.83. The number of nitrogens with zero attached hydrogens (tertiary/aromatic N) is 3. The molecular formula is C20H29N3O. The lowest BCUT2D eigenvalue weighted by molar-refractivity contribution is 0.0657. The van der Waals surface area contributed by atoms with Gasteiger partial charge in [-0.05, 0) is 70.2 Å². The standard InChI is InChI=1S/C19H27N3O.CH2/c1-14(2)22-18-8-4-3-7-17(18)21(19(22)23)13-16-9-11-20-10-5-6-15(16)12-20;/h3-4,7-8,14-16H,5-6,9-13H2,1-2H3;1H2. The van der Waals surface area contributed by atoms with Gasteiger partial charge in [0.2, 0.25) is 0 Å². The molecule has 0 saturated carbocycles. The summed E-state index contributed by atoms with van der Waals surface area (Å²) in [7, 11) is 0. The van der Waals surface area contributed by atoms with E-state index in [2.05, 4.69) is 30.9 Å². The monoisotopic (exact) mass is 327 g/mol. The number of rotatable bonds is 3. The Morgan fingerprint density at radius 1 is 1.12 bits per heavy atom. The van der Waals surface area contributed by atoms with Crippen LogP contribution in [0.1, 0.15) is 39.2 Å². The minimum Gasteiger partial charge on any atom is -0.303 e. The smallest absolute Gasteiger partial charge is 0.303 e. The van der Waals surface area contributed by atoms with Crippen molar-refractivity contribution in [1.82, 2.24) is 14.0 Å². The van der Waals surface area contributed by atoms with E-state index < -0.39 is 0 Å². The molecule has 2 aromatic rings. The second-order valence-corrected chi connectivity index (χ2v) is 7.60. The fourth-order valence-electron chi connectivity index (χ4n) is 4.65. The summed E-state index contributed by atoms with van der Waals surface area (Å²) in [5.74, 6) is 1.42. The molecule has 2 saturated heterocycles. The third kappa shape index (κ3) is 2.81. The van der Waals surface area contributed by atoms with Gasteiger partial charge in [0.15, 0.2) is 0 Å². The van der Waals surface area contributed by atoms with Gasteiger partial charge in [0.1, 0.15) is 0 Å². The summed E-state index contributed by atoms with van der Waals surface area (Å²) >= 11 is 0. The van der Waals surface area contributed by atoms with Crippen LogP contribution >= 0.6 is 0 Å². The van der Waals surface area contributed by atoms with Crippen LogP contribution in [0.15, 0.2) is 29.1 Å². The third-order valence-electron chi connectivity index (χ3n) is 5.83. The van der Waals surface area contributed by atoms with Gasteiger partial charge in [-0.25, -0.2) is 4.79 Å². The van der Waals surface area contributed by atoms with Crippen molar-refractivity contribution >= 4 is 11.0 Å². The highest BCUT2D eigenvalue weighted by atomic mass is 16.1. The zero-order valence-electron chi connectivity index (χ0n) is 14.9. The molecule has 3 atom stereocenters. The quantitative estimate of drug-likeness (QED) is 0.864. The minimum absolute atomic E-state index is 0. The van der Waals surface area contributed by atoms with Crippen molar-refractivity contribution in [3.63, 3.8) is 0 Å². The van der Waals surface area contributed by atoms with Crippen LogP contribution in [0.5, 0.6) is 0 Å². The summed E-state index contributed by atoms with van der Waals surface area (Å²) in [6.07, 6.45) is 3.89. The molecular weight excluding hydrogens is 298 g/mol. The molecule has 3 heterocycles. The fraction of sp³-hybridized carbons (Fsp3) is 0.600. The molecule has 3 unspecified atom stereocenters. The molecule has 2 aliphatic rings. The Morgan fingerprint density at radius 3 is 2.62 bits per heavy atom. The molecule has 2 fully saturated rings. The van der Waals surface area contributed by atoms with Gasteiger partial charge in [-0.15, -0.1) is 0 Å². The van der Waals surface area contributed by atoms with Crippen LogP contribution in [0.3, 0.4) is 0 Å². The van der Waals surface area contributed by atoms with Crippen molar-refractivity contribution in [3.05, 3.63) is 42.2 Å². The Hall–Kier alpha value is -1.55. The van der Waals surface area contributed by atoms with Gasteiger partial charge in [0, 0.05) is 19.1 Å². The van der Waals surface area contributed by atoms with Crippen LogP contribution in [-0.4, -0.2) is 33.7 Å². The average molecular weight is 327 g/mol. The number of fused-ring (bicyclic) bond motifs is 3. The number of hydrogen-bond acceptors (Lipinski definition) is 2. The lowest BCUT2D eigenvalue weighted by Crippen LogP contribution is -2.46. The fourth-order valence-corrected chi connectivity index (χ4v) is 4.65. The number of imidazole rings is 1. The normalized spacial score (nSPS) is 26.5. The van der Waals surface area contributed by atoms with Gasteiger partial charge in [-0.3, -0.25) is 9.13 Å². The molecule has 4 heteroatoms. The van der Waals surface area contributed by atoms with Crippen molar-refractivity contribution in [2.75, 3.05) is 19.6 Å². The lowest BCUT2D eigenvalue weighted by atomic mass is 9.80. The first-order valence-corrected chi connectivity index (χ1v) is 9.07. The predicted molar refractivity (Wildman–Crippen MR) is 99.2 cm³/mol. The molecule has 130 valence electrons. The van der Waals surface area contributed by atoms with Gasteiger partial charge in [0.05, 0.1) is 11.0 Å². The minimum atomic E-state index is 0. The van der Waals surface area contributed by atoms with E-state index in [0.29, 0.717) is 5.92 Å². The van der Waals surface area contributed by atoms with Crippen molar-refractivity contribution in [3.8, 4) is 0 Å². The maximum absolute atomic E-state index is 13.0. The molecule has 0 spiro atoms. The van der Waals surface area contributed by atoms with E-state index in [9.17, 15) is 4.79 Å². The molecule has 2 aliphatic heterocycles. The highest BCUT2D eigenvalue weighted by Crippen LogP contribution is 2.33. The second-order valence-electron chi connectivity index (χ2n) is 7.60. The topological polar surface area (TPSA) is 30.2 Å². The van der Waals surface area contributed by atoms with Crippen LogP contribution in [0.25, 0.3) is 11.0 Å². The van der Waals surface area contributed by atoms with Crippen molar-refractivity contribution in [2.24, 2.45) is 11.8 Å². The van der Waals surface area contributed by atoms with Crippen LogP contribution in [0, 0.1) is 19.3 Å². The zero-order valence-corrected chi connectivity index (χ0v) is 14.9. The van der Waals surface area contributed by atoms with E-state index in [1.165, 1.54) is 38.9 Å². The third-order valence-corrected chi connectivity index (χ3v) is 5.83. The summed E-state index contributed by atoms with van der Waals surface area (Å²) in [5, 5.41) is 0. The molecule has 1 aromatic heterocycles. The lowest BCUT2D eigenvalue weighted by Gasteiger charge is -2.42. The summed E-state index contributed by atoms with van der Waals surface area (Å²) < 4.78 is 4.00. The van der Waals surface area contributed by atoms with Crippen LogP contribution < -0.4 is 5.69 Å². The van der Waals surface area contributed by atoms with Crippen molar-refractivity contribution in [1.29, 1.82) is 0 Å². The van der Waals surface area contributed by atoms with E-state index in [-0.39, 0.29) is 19.2 Å². The highest BCUT2D eigenvalue weighted by molar-refractivity contribution is 5.76. The van der Waals surface area contributed by atoms with Gasteiger partial charge >= 0.3 is 5.69 Å². The summed E-state index contributed by atoms with van der Waals surface area (Å²) in [4.78, 5) is 15.6. The largest absolute Gasteiger partial charge is 0.329 e. The van der Waals surface area contributed by atoms with E-state index in [1.54, 1.807) is 0 Å². The Kier molecular flexibility index (Phi) is 4.86. The maximum Gasteiger partial charge on any atom is 0.329 e. The van der Waals surface area contributed by atoms with Crippen LogP contribution in [0.4, 0.5) is 0 Å². The highest BCUT2D eigenvalue weighted by Gasteiger charge is 2.32. The molecule has 0 aliphatic carbocycles. The number of aromatic nitrogens is 2. The Morgan fingerprint density at radius 2 is 1.88 bits per heavy atom. The van der Waals surface area contributed by atoms with E-state index >= 15 is 0 Å². The Labute approximate surface area is 145 Å². The maximum atomic E-state index is 13.0. The zero-order chi connectivity index (χ0) is 16.0. The Balaban J connectivity index is 0.00000169. The predicted octanol–water partition coefficient (Wildman–Crippen LogP) is 3.44. The van der Waals surface area contributed by atoms with Gasteiger partial charge in [-0.2, -0.15) is 0 Å². The molecule has 2 bridgehead atoms. The first-order chi connectivity index (χ1) is 11.1. The van der Waals surface area contributed by atoms with E-state index in [1.807, 2.05) is 21.3 Å². The SMILES string of the molecule is CC(C)n1c(=O)n(CC2CCN3CCCC2C3)c2ccccc21.[CH2]. The van der Waals surface area contributed by atoms with Crippen molar-refractivity contribution < 1.29 is 0 Å². The molecule has 24 heavy (non-hydrogen) atoms. The van der Waals surface area contributed by atoms with Crippen LogP contribution in [-0.2, 0) is 6.54 Å². The van der Waals surface area contributed by atoms with E-state index in [0.717, 1.165) is 23.5 Å². The molecule has 0 amide bonds. The second kappa shape index (κ2) is 6.75. The summed E-state index contributed by atoms with van der Waals surface area (Å²) in [5.41, 5.74) is 2.34. The molecule has 0 N–H and O–H groups in total.